The van der Waals surface area contributed by atoms with Crippen LogP contribution in [0.5, 0.6) is 5.75 Å². The van der Waals surface area contributed by atoms with Gasteiger partial charge in [-0.25, -0.2) is 9.78 Å². The molecule has 0 radical (unpaired) electrons. The van der Waals surface area contributed by atoms with E-state index in [1.807, 2.05) is 0 Å². The van der Waals surface area contributed by atoms with Crippen molar-refractivity contribution in [1.29, 1.82) is 5.41 Å². The van der Waals surface area contributed by atoms with E-state index >= 15 is 4.79 Å². The number of carboxylic acids is 3. The molecule has 2 aliphatic rings. The first kappa shape index (κ1) is 116. The lowest BCUT2D eigenvalue weighted by molar-refractivity contribution is -0.143. The molecular formula is C91H134N24O24S2. The maximum absolute atomic E-state index is 15.1. The molecule has 48 nitrogen and oxygen atoms in total. The minimum absolute atomic E-state index is 0.00105. The van der Waals surface area contributed by atoms with Gasteiger partial charge < -0.3 is 138 Å². The van der Waals surface area contributed by atoms with Crippen LogP contribution >= 0.6 is 23.5 Å². The Morgan fingerprint density at radius 2 is 1.13 bits per heavy atom. The van der Waals surface area contributed by atoms with E-state index in [1.54, 1.807) is 84.2 Å². The number of aliphatic carboxylic acids is 3. The molecule has 17 atom stereocenters. The summed E-state index contributed by atoms with van der Waals surface area (Å²) in [6.07, 6.45) is 3.66. The molecule has 0 aliphatic carbocycles. The maximum Gasteiger partial charge on any atom is 0.326 e. The van der Waals surface area contributed by atoms with E-state index < -0.39 is 283 Å². The summed E-state index contributed by atoms with van der Waals surface area (Å²) in [5, 5.41) is 89.9. The highest BCUT2D eigenvalue weighted by Crippen LogP contribution is 2.25. The summed E-state index contributed by atoms with van der Waals surface area (Å²) in [7, 11) is 0. The SMILES string of the molecule is CC[C@H](C)[C@@H]1NC(=O)[C@@H](NC(=O)[C@H](CCC(=O)O)NC(=O)[C@@H]2CCCN2C(=O)[C@H](Cc2ccc(O)cc2)NC(=O)[C@H](C)NC(=O)CN)CSC/C=C\CSC[C@@H](C(=O)N[C@@H](Cc2cnc[nH]2)C(=O)N[C@H](C(=O)N[C@@H](C)C(=O)N[C@@H](CCCNC(=N)N)C(=O)N[C@H](C(=O)N[C@@H](CCC(N)=O)C(=O)N[C@@H](Cc2c[nH]c3ccccc23)C(=O)O)C(C)C)C(C)C)NC(=O)[C@H](CC(=O)O)NC(=O)[C@H](CC(C)C)NC1=O. The van der Waals surface area contributed by atoms with Crippen LogP contribution in [0.4, 0.5) is 0 Å². The molecule has 2 aromatic heterocycles. The second-order valence-electron chi connectivity index (χ2n) is 35.6. The summed E-state index contributed by atoms with van der Waals surface area (Å²) in [5.74, 6) is -24.4. The van der Waals surface area contributed by atoms with E-state index in [0.29, 0.717) is 22.0 Å². The molecule has 1 fully saturated rings. The van der Waals surface area contributed by atoms with Crippen LogP contribution in [0.25, 0.3) is 10.9 Å². The van der Waals surface area contributed by atoms with Gasteiger partial charge in [-0.15, -0.1) is 0 Å². The lowest BCUT2D eigenvalue weighted by Crippen LogP contribution is -2.62. The molecule has 0 unspecified atom stereocenters. The number of carbonyl (C=O) groups excluding carboxylic acids is 17. The summed E-state index contributed by atoms with van der Waals surface area (Å²) < 4.78 is 0. The van der Waals surface area contributed by atoms with E-state index in [4.69, 9.17) is 22.6 Å². The van der Waals surface area contributed by atoms with Crippen molar-refractivity contribution in [2.24, 2.45) is 40.9 Å². The number of hydrogen-bond donors (Lipinski definition) is 26. The molecule has 0 bridgehead atoms. The number of guanidine groups is 1. The van der Waals surface area contributed by atoms with Crippen molar-refractivity contribution < 1.29 is 116 Å². The number of likely N-dealkylation sites (tertiary alicyclic amines) is 1. The van der Waals surface area contributed by atoms with Gasteiger partial charge in [0.05, 0.1) is 19.3 Å². The van der Waals surface area contributed by atoms with Crippen molar-refractivity contribution in [1.82, 2.24) is 105 Å². The Hall–Kier alpha value is -13.9. The molecule has 141 heavy (non-hydrogen) atoms. The number of fused-ring (bicyclic) bond motifs is 1. The number of imidazole rings is 1. The van der Waals surface area contributed by atoms with Crippen molar-refractivity contribution >= 4 is 159 Å². The highest BCUT2D eigenvalue weighted by molar-refractivity contribution is 7.99. The van der Waals surface area contributed by atoms with E-state index in [0.717, 1.165) is 23.5 Å². The lowest BCUT2D eigenvalue weighted by atomic mass is 9.96. The molecule has 50 heteroatoms. The number of benzene rings is 2. The van der Waals surface area contributed by atoms with Crippen LogP contribution in [0.1, 0.15) is 157 Å². The van der Waals surface area contributed by atoms with Gasteiger partial charge in [0.2, 0.25) is 100 Å². The number of thioether (sulfide) groups is 2. The van der Waals surface area contributed by atoms with Crippen LogP contribution in [-0.2, 0) is 115 Å². The van der Waals surface area contributed by atoms with Gasteiger partial charge in [-0.2, -0.15) is 23.5 Å². The number of nitrogens with zero attached hydrogens (tertiary/aromatic N) is 2. The second kappa shape index (κ2) is 57.6. The van der Waals surface area contributed by atoms with Gasteiger partial charge in [-0.1, -0.05) is 104 Å². The van der Waals surface area contributed by atoms with E-state index in [1.165, 1.54) is 69.4 Å². The molecule has 4 aromatic rings. The molecule has 17 amide bonds. The Morgan fingerprint density at radius 3 is 1.73 bits per heavy atom. The van der Waals surface area contributed by atoms with Crippen molar-refractivity contribution in [2.75, 3.05) is 42.6 Å². The zero-order valence-electron chi connectivity index (χ0n) is 80.3. The van der Waals surface area contributed by atoms with Gasteiger partial charge in [-0.3, -0.25) is 96.5 Å². The quantitative estimate of drug-likeness (QED) is 0.00875. The second-order valence-corrected chi connectivity index (χ2v) is 37.8. The average molecular weight is 2010 g/mol. The topological polar surface area (TPSA) is 764 Å². The predicted molar refractivity (Wildman–Crippen MR) is 517 cm³/mol. The Morgan fingerprint density at radius 1 is 0.567 bits per heavy atom. The molecule has 774 valence electrons. The maximum atomic E-state index is 15.1. The van der Waals surface area contributed by atoms with E-state index in [9.17, 15) is 112 Å². The van der Waals surface area contributed by atoms with Gasteiger partial charge in [0, 0.05) is 97.2 Å². The smallest absolute Gasteiger partial charge is 0.326 e. The molecule has 2 aromatic carbocycles. The summed E-state index contributed by atoms with van der Waals surface area (Å²) in [6.45, 7) is 14.9. The third kappa shape index (κ3) is 38.3. The van der Waals surface area contributed by atoms with E-state index in [-0.39, 0.29) is 105 Å². The molecule has 29 N–H and O–H groups in total. The Bertz CT molecular complexity index is 5080. The minimum Gasteiger partial charge on any atom is -0.508 e. The fourth-order valence-corrected chi connectivity index (χ4v) is 16.9. The minimum atomic E-state index is -1.99. The molecule has 0 saturated carbocycles. The first-order valence-electron chi connectivity index (χ1n) is 46.4. The predicted octanol–water partition coefficient (Wildman–Crippen LogP) is -3.72. The fraction of sp³-hybridized carbons (Fsp3) is 0.560. The first-order valence-corrected chi connectivity index (χ1v) is 48.7. The molecule has 2 aliphatic heterocycles. The van der Waals surface area contributed by atoms with Gasteiger partial charge in [0.1, 0.15) is 102 Å². The van der Waals surface area contributed by atoms with Crippen molar-refractivity contribution in [3.63, 3.8) is 0 Å². The van der Waals surface area contributed by atoms with Crippen LogP contribution in [0.2, 0.25) is 0 Å². The molecule has 1 saturated heterocycles. The molecule has 6 rings (SSSR count). The number of phenols is 1. The number of carboxylic acid groups (broad SMARTS) is 3. The zero-order valence-corrected chi connectivity index (χ0v) is 81.9. The Balaban J connectivity index is 1.23. The number of aromatic nitrogens is 3. The number of amides is 17. The number of carbonyl (C=O) groups is 20. The molecule has 0 spiro atoms. The number of phenolic OH excluding ortho intramolecular Hbond substituents is 1. The highest BCUT2D eigenvalue weighted by atomic mass is 32.2. The van der Waals surface area contributed by atoms with Gasteiger partial charge >= 0.3 is 17.9 Å². The summed E-state index contributed by atoms with van der Waals surface area (Å²) in [5.41, 5.74) is 18.4. The lowest BCUT2D eigenvalue weighted by Gasteiger charge is -2.31. The number of rotatable bonds is 48. The van der Waals surface area contributed by atoms with E-state index in [2.05, 4.69) is 100 Å². The largest absolute Gasteiger partial charge is 0.508 e. The van der Waals surface area contributed by atoms with Crippen LogP contribution in [0, 0.1) is 29.1 Å². The summed E-state index contributed by atoms with van der Waals surface area (Å²) in [4.78, 5) is 291. The van der Waals surface area contributed by atoms with Gasteiger partial charge in [0.25, 0.3) is 0 Å². The zero-order chi connectivity index (χ0) is 105. The highest BCUT2D eigenvalue weighted by Gasteiger charge is 2.44. The number of hydrogen-bond acceptors (Lipinski definition) is 26. The fourth-order valence-electron chi connectivity index (χ4n) is 15.1. The van der Waals surface area contributed by atoms with Crippen LogP contribution in [-0.4, -0.2) is 304 Å². The van der Waals surface area contributed by atoms with Crippen LogP contribution in [0.3, 0.4) is 0 Å². The number of aromatic hydroxyl groups is 1. The summed E-state index contributed by atoms with van der Waals surface area (Å²) in [6, 6.07) is -12.0. The number of H-pyrrole nitrogens is 2. The normalized spacial score (nSPS) is 19.3. The van der Waals surface area contributed by atoms with Crippen LogP contribution < -0.4 is 102 Å². The number of para-hydroxylation sites is 1. The number of aromatic amines is 2. The standard InChI is InChI=1S/C91H134N24O24S2/c1-11-48(8)74-88(136)107-60(34-45(2)3)80(128)106-62(38-71(121)122)81(129)111-65(42-140-32-14-15-33-141-43-66(84(132)114-74)110-78(126)59(27-29-70(119)120)103-85(133)67-21-17-31-115(67)89(137)63(35-51-22-24-54(116)25-23-51)108-75(123)49(9)100-69(118)39-92)83(131)105-61(37-53-41-96-44-99-53)82(130)113-72(46(4)5)86(134)101-50(10)76(124)102-57(20-16-30-97-91(94)95)79(127)112-73(47(6)7)87(135)104-58(26-28-68(93)117)77(125)109-64(90(138)139)36-52-40-98-56-19-13-12-18-55(52)56/h12-15,18-19,22-25,40-41,44-50,57-67,72-74,98,116H,11,16-17,20-21,26-39,42-43,92H2,1-10H3,(H2,93,117)(H,96,99)(H,100,118)(H,101,134)(H,102,124)(H,103,133)(H,104,135)(H,105,131)(H,106,128)(H,107,136)(H,108,123)(H,109,125)(H,110,126)(H,111,129)(H,112,127)(H,113,130)(H,114,132)(H,119,120)(H,121,122)(H,138,139)(H4,94,95,97)/b15-14-/t48-,49-,50-,57-,58-,59-,60-,61-,62-,63-,64-,65-,66-,67-,72-,73-,74-/m0/s1. The Labute approximate surface area is 822 Å². The number of nitrogens with one attached hydrogen (secondary N) is 19. The van der Waals surface area contributed by atoms with Crippen LogP contribution in [0.15, 0.2) is 79.4 Å². The number of primary amides is 1. The molecule has 4 heterocycles. The third-order valence-electron chi connectivity index (χ3n) is 23.1. The summed E-state index contributed by atoms with van der Waals surface area (Å²) >= 11 is 2.10. The third-order valence-corrected chi connectivity index (χ3v) is 25.1. The first-order chi connectivity index (χ1) is 66.7. The average Bonchev–Trinajstić information content (AvgIpc) is 1.67. The van der Waals surface area contributed by atoms with Gasteiger partial charge in [0.15, 0.2) is 5.96 Å². The number of nitrogens with two attached hydrogens (primary N) is 3. The van der Waals surface area contributed by atoms with Crippen molar-refractivity contribution in [3.8, 4) is 5.75 Å². The monoisotopic (exact) mass is 2010 g/mol. The molecular weight excluding hydrogens is 1880 g/mol. The van der Waals surface area contributed by atoms with Gasteiger partial charge in [-0.05, 0) is 112 Å². The van der Waals surface area contributed by atoms with Crippen molar-refractivity contribution in [3.05, 3.63) is 96.2 Å². The van der Waals surface area contributed by atoms with Crippen molar-refractivity contribution in [2.45, 2.75) is 256 Å². The Kier molecular flexibility index (Phi) is 47.3.